The minimum atomic E-state index is -3.44. The summed E-state index contributed by atoms with van der Waals surface area (Å²) in [5.74, 6) is -0.158. The highest BCUT2D eigenvalue weighted by atomic mass is 35.5. The number of aryl methyl sites for hydroxylation is 3. The second kappa shape index (κ2) is 8.76. The van der Waals surface area contributed by atoms with Crippen LogP contribution in [0, 0.1) is 20.8 Å². The lowest BCUT2D eigenvalue weighted by Gasteiger charge is -2.24. The highest BCUT2D eigenvalue weighted by Gasteiger charge is 2.19. The average Bonchev–Trinajstić information content (AvgIpc) is 2.56. The van der Waals surface area contributed by atoms with Crippen LogP contribution < -0.4 is 9.62 Å². The normalized spacial score (nSPS) is 11.3. The Morgan fingerprint density at radius 2 is 1.78 bits per heavy atom. The zero-order valence-corrected chi connectivity index (χ0v) is 17.6. The third-order valence-electron chi connectivity index (χ3n) is 4.26. The van der Waals surface area contributed by atoms with Gasteiger partial charge < -0.3 is 5.32 Å². The third kappa shape index (κ3) is 5.97. The quantitative estimate of drug-likeness (QED) is 0.735. The molecule has 2 aromatic rings. The Morgan fingerprint density at radius 1 is 1.07 bits per heavy atom. The first kappa shape index (κ1) is 21.3. The number of sulfonamides is 1. The van der Waals surface area contributed by atoms with E-state index in [0.29, 0.717) is 22.8 Å². The van der Waals surface area contributed by atoms with Gasteiger partial charge in [-0.15, -0.1) is 0 Å². The van der Waals surface area contributed by atoms with Crippen LogP contribution >= 0.6 is 11.6 Å². The molecule has 0 heterocycles. The van der Waals surface area contributed by atoms with Crippen LogP contribution in [0.5, 0.6) is 0 Å². The first-order valence-corrected chi connectivity index (χ1v) is 10.9. The van der Waals surface area contributed by atoms with Gasteiger partial charge in [-0.2, -0.15) is 0 Å². The smallest absolute Gasteiger partial charge is 0.232 e. The molecule has 1 N–H and O–H groups in total. The van der Waals surface area contributed by atoms with Gasteiger partial charge >= 0.3 is 0 Å². The van der Waals surface area contributed by atoms with E-state index in [1.165, 1.54) is 10.6 Å². The van der Waals surface area contributed by atoms with Gasteiger partial charge in [0, 0.05) is 23.7 Å². The molecule has 0 aliphatic carbocycles. The molecular weight excluding hydrogens is 384 g/mol. The number of amides is 1. The Balaban J connectivity index is 2.03. The highest BCUT2D eigenvalue weighted by Crippen LogP contribution is 2.25. The molecular formula is C20H25ClN2O3S. The van der Waals surface area contributed by atoms with Crippen LogP contribution in [0.15, 0.2) is 36.4 Å². The molecule has 0 bridgehead atoms. The SMILES string of the molecule is Cc1ccc(C)c(N(CCCC(=O)Nc2ccc(Cl)cc2C)S(C)(=O)=O)c1. The summed E-state index contributed by atoms with van der Waals surface area (Å²) in [7, 11) is -3.44. The van der Waals surface area contributed by atoms with E-state index in [-0.39, 0.29) is 18.9 Å². The molecule has 0 radical (unpaired) electrons. The van der Waals surface area contributed by atoms with Gasteiger partial charge in [-0.3, -0.25) is 9.10 Å². The zero-order chi connectivity index (χ0) is 20.2. The third-order valence-corrected chi connectivity index (χ3v) is 5.68. The van der Waals surface area contributed by atoms with Crippen molar-refractivity contribution in [3.05, 3.63) is 58.1 Å². The van der Waals surface area contributed by atoms with Gasteiger partial charge in [0.05, 0.1) is 11.9 Å². The fraction of sp³-hybridized carbons (Fsp3) is 0.350. The van der Waals surface area contributed by atoms with Crippen LogP contribution in [0.1, 0.15) is 29.5 Å². The maximum Gasteiger partial charge on any atom is 0.232 e. The van der Waals surface area contributed by atoms with Crippen LogP contribution in [-0.4, -0.2) is 27.1 Å². The Labute approximate surface area is 166 Å². The van der Waals surface area contributed by atoms with E-state index in [4.69, 9.17) is 11.6 Å². The fourth-order valence-corrected chi connectivity index (χ4v) is 4.06. The number of rotatable bonds is 7. The summed E-state index contributed by atoms with van der Waals surface area (Å²) in [6.45, 7) is 5.91. The van der Waals surface area contributed by atoms with Gasteiger partial charge in [0.25, 0.3) is 0 Å². The van der Waals surface area contributed by atoms with E-state index in [1.54, 1.807) is 18.2 Å². The molecule has 0 saturated heterocycles. The predicted octanol–water partition coefficient (Wildman–Crippen LogP) is 4.45. The van der Waals surface area contributed by atoms with Crippen LogP contribution in [-0.2, 0) is 14.8 Å². The molecule has 2 rings (SSSR count). The van der Waals surface area contributed by atoms with E-state index in [1.807, 2.05) is 39.0 Å². The van der Waals surface area contributed by atoms with E-state index in [9.17, 15) is 13.2 Å². The summed E-state index contributed by atoms with van der Waals surface area (Å²) in [5.41, 5.74) is 4.11. The number of hydrogen-bond acceptors (Lipinski definition) is 3. The van der Waals surface area contributed by atoms with Crippen LogP contribution in [0.4, 0.5) is 11.4 Å². The molecule has 146 valence electrons. The lowest BCUT2D eigenvalue weighted by molar-refractivity contribution is -0.116. The molecule has 2 aromatic carbocycles. The van der Waals surface area contributed by atoms with Gasteiger partial charge in [-0.1, -0.05) is 23.7 Å². The molecule has 0 unspecified atom stereocenters. The van der Waals surface area contributed by atoms with Crippen molar-refractivity contribution in [1.82, 2.24) is 0 Å². The van der Waals surface area contributed by atoms with Crippen molar-refractivity contribution in [3.63, 3.8) is 0 Å². The lowest BCUT2D eigenvalue weighted by atomic mass is 10.1. The summed E-state index contributed by atoms with van der Waals surface area (Å²) in [4.78, 5) is 12.2. The van der Waals surface area contributed by atoms with Crippen LogP contribution in [0.25, 0.3) is 0 Å². The lowest BCUT2D eigenvalue weighted by Crippen LogP contribution is -2.32. The summed E-state index contributed by atoms with van der Waals surface area (Å²) < 4.78 is 25.9. The van der Waals surface area contributed by atoms with Crippen molar-refractivity contribution in [1.29, 1.82) is 0 Å². The summed E-state index contributed by atoms with van der Waals surface area (Å²) in [5, 5.41) is 3.46. The van der Waals surface area contributed by atoms with Crippen LogP contribution in [0.3, 0.4) is 0 Å². The highest BCUT2D eigenvalue weighted by molar-refractivity contribution is 7.92. The van der Waals surface area contributed by atoms with E-state index >= 15 is 0 Å². The van der Waals surface area contributed by atoms with Crippen molar-refractivity contribution in [2.45, 2.75) is 33.6 Å². The first-order valence-electron chi connectivity index (χ1n) is 8.69. The van der Waals surface area contributed by atoms with Gasteiger partial charge in [0.15, 0.2) is 0 Å². The van der Waals surface area contributed by atoms with E-state index in [0.717, 1.165) is 16.7 Å². The number of nitrogens with one attached hydrogen (secondary N) is 1. The largest absolute Gasteiger partial charge is 0.326 e. The maximum absolute atomic E-state index is 12.3. The number of benzene rings is 2. The van der Waals surface area contributed by atoms with Crippen molar-refractivity contribution in [2.24, 2.45) is 0 Å². The molecule has 27 heavy (non-hydrogen) atoms. The number of carbonyl (C=O) groups is 1. The van der Waals surface area contributed by atoms with Crippen molar-refractivity contribution >= 4 is 38.9 Å². The standard InChI is InChI=1S/C20H25ClN2O3S/c1-14-7-8-15(2)19(12-14)23(27(4,25)26)11-5-6-20(24)22-18-10-9-17(21)13-16(18)3/h7-10,12-13H,5-6,11H2,1-4H3,(H,22,24). The molecule has 0 aliphatic heterocycles. The summed E-state index contributed by atoms with van der Waals surface area (Å²) in [6.07, 6.45) is 1.82. The molecule has 0 fully saturated rings. The molecule has 0 spiro atoms. The van der Waals surface area contributed by atoms with Crippen LogP contribution in [0.2, 0.25) is 5.02 Å². The summed E-state index contributed by atoms with van der Waals surface area (Å²) >= 11 is 5.92. The monoisotopic (exact) mass is 408 g/mol. The van der Waals surface area contributed by atoms with Gasteiger partial charge in [0.1, 0.15) is 0 Å². The molecule has 0 atom stereocenters. The summed E-state index contributed by atoms with van der Waals surface area (Å²) in [6, 6.07) is 11.0. The van der Waals surface area contributed by atoms with E-state index < -0.39 is 10.0 Å². The first-order chi connectivity index (χ1) is 12.6. The van der Waals surface area contributed by atoms with Crippen molar-refractivity contribution < 1.29 is 13.2 Å². The molecule has 1 amide bonds. The van der Waals surface area contributed by atoms with Gasteiger partial charge in [0.2, 0.25) is 15.9 Å². The fourth-order valence-electron chi connectivity index (χ4n) is 2.82. The second-order valence-corrected chi connectivity index (χ2v) is 9.08. The molecule has 7 heteroatoms. The number of hydrogen-bond donors (Lipinski definition) is 1. The zero-order valence-electron chi connectivity index (χ0n) is 16.0. The predicted molar refractivity (Wildman–Crippen MR) is 112 cm³/mol. The number of nitrogens with zero attached hydrogens (tertiary/aromatic N) is 1. The van der Waals surface area contributed by atoms with Gasteiger partial charge in [-0.25, -0.2) is 8.42 Å². The molecule has 0 saturated carbocycles. The minimum absolute atomic E-state index is 0.158. The Kier molecular flexibility index (Phi) is 6.89. The average molecular weight is 409 g/mol. The number of anilines is 2. The van der Waals surface area contributed by atoms with Crippen molar-refractivity contribution in [3.8, 4) is 0 Å². The Morgan fingerprint density at radius 3 is 2.41 bits per heavy atom. The minimum Gasteiger partial charge on any atom is -0.326 e. The Hall–Kier alpha value is -2.05. The Bertz CT molecular complexity index is 942. The molecule has 0 aromatic heterocycles. The second-order valence-electron chi connectivity index (χ2n) is 6.74. The maximum atomic E-state index is 12.3. The number of halogens is 1. The topological polar surface area (TPSA) is 66.5 Å². The number of carbonyl (C=O) groups excluding carboxylic acids is 1. The van der Waals surface area contributed by atoms with Crippen molar-refractivity contribution in [2.75, 3.05) is 22.4 Å². The van der Waals surface area contributed by atoms with Gasteiger partial charge in [-0.05, 0) is 68.1 Å². The molecule has 0 aliphatic rings. The van der Waals surface area contributed by atoms with E-state index in [2.05, 4.69) is 5.32 Å². The molecule has 5 nitrogen and oxygen atoms in total.